The lowest BCUT2D eigenvalue weighted by Gasteiger charge is -2.45. The van der Waals surface area contributed by atoms with E-state index in [1.54, 1.807) is 38.2 Å². The maximum absolute atomic E-state index is 13.1. The summed E-state index contributed by atoms with van der Waals surface area (Å²) in [5.74, 6) is -2.45. The number of pyridine rings is 1. The highest BCUT2D eigenvalue weighted by atomic mass is 16.6. The number of ether oxygens (including phenoxy) is 2. The van der Waals surface area contributed by atoms with Crippen LogP contribution in [0.2, 0.25) is 0 Å². The number of carbonyl (C=O) groups excluding carboxylic acids is 1. The van der Waals surface area contributed by atoms with Crippen molar-refractivity contribution in [2.75, 3.05) is 13.2 Å². The molecular weight excluding hydrogens is 430 g/mol. The maximum Gasteiger partial charge on any atom is 0.336 e. The predicted octanol–water partition coefficient (Wildman–Crippen LogP) is 3.05. The Morgan fingerprint density at radius 2 is 2.06 bits per heavy atom. The first-order valence-corrected chi connectivity index (χ1v) is 10.4. The fraction of sp³-hybridized carbons (Fsp3) is 0.348. The Hall–Kier alpha value is -3.95. The Bertz CT molecular complexity index is 1090. The van der Waals surface area contributed by atoms with Crippen molar-refractivity contribution in [2.45, 2.75) is 32.7 Å². The smallest absolute Gasteiger partial charge is 0.336 e. The normalized spacial score (nSPS) is 22.3. The molecule has 2 N–H and O–H groups in total. The number of aromatic nitrogens is 1. The largest absolute Gasteiger partial charge is 0.486 e. The van der Waals surface area contributed by atoms with Crippen molar-refractivity contribution in [1.82, 2.24) is 10.3 Å². The van der Waals surface area contributed by atoms with Crippen molar-refractivity contribution in [3.63, 3.8) is 0 Å². The number of aliphatic carboxylic acids is 1. The number of carbonyl (C=O) groups is 2. The van der Waals surface area contributed by atoms with Crippen LogP contribution in [0.1, 0.15) is 32.3 Å². The molecule has 0 bridgehead atoms. The van der Waals surface area contributed by atoms with Crippen LogP contribution in [0.3, 0.4) is 0 Å². The topological polar surface area (TPSA) is 141 Å². The van der Waals surface area contributed by atoms with Gasteiger partial charge in [-0.1, -0.05) is 12.1 Å². The molecule has 0 saturated carbocycles. The molecule has 0 fully saturated rings. The zero-order valence-electron chi connectivity index (χ0n) is 18.5. The Morgan fingerprint density at radius 1 is 1.30 bits per heavy atom. The fourth-order valence-electron chi connectivity index (χ4n) is 4.01. The molecular formula is C23H25N3O7. The summed E-state index contributed by atoms with van der Waals surface area (Å²) < 4.78 is 11.1. The minimum absolute atomic E-state index is 0.0595. The van der Waals surface area contributed by atoms with Gasteiger partial charge >= 0.3 is 11.9 Å². The molecule has 0 radical (unpaired) electrons. The molecule has 3 rings (SSSR count). The van der Waals surface area contributed by atoms with E-state index in [2.05, 4.69) is 10.3 Å². The summed E-state index contributed by atoms with van der Waals surface area (Å²) in [6, 6.07) is 8.40. The number of nitro groups is 1. The summed E-state index contributed by atoms with van der Waals surface area (Å²) in [6.45, 7) is 4.83. The van der Waals surface area contributed by atoms with E-state index in [4.69, 9.17) is 9.47 Å². The van der Waals surface area contributed by atoms with Gasteiger partial charge in [0.05, 0.1) is 34.4 Å². The highest BCUT2D eigenvalue weighted by Crippen LogP contribution is 2.48. The maximum atomic E-state index is 13.1. The molecule has 0 aliphatic carbocycles. The number of nitro benzene ring substituents is 1. The van der Waals surface area contributed by atoms with Crippen LogP contribution in [-0.2, 0) is 14.3 Å². The molecule has 1 aromatic carbocycles. The fourth-order valence-corrected chi connectivity index (χ4v) is 4.01. The summed E-state index contributed by atoms with van der Waals surface area (Å²) in [7, 11) is 0. The van der Waals surface area contributed by atoms with E-state index >= 15 is 0 Å². The van der Waals surface area contributed by atoms with Gasteiger partial charge in [-0.05, 0) is 38.5 Å². The Morgan fingerprint density at radius 3 is 2.67 bits per heavy atom. The number of rotatable bonds is 8. The molecule has 1 aliphatic heterocycles. The summed E-state index contributed by atoms with van der Waals surface area (Å²) in [4.78, 5) is 40.4. The molecule has 1 aromatic heterocycles. The summed E-state index contributed by atoms with van der Waals surface area (Å²) >= 11 is 0. The standard InChI is InChI=1S/C23H25N3O7/c1-4-32-21(27)19-18(13-33-17-9-6-10-24-12-17)25-14(2)23(3,22(28)29)20(19)15-7-5-8-16(11-15)26(30)31/h5-12,14,20,25H,4,13H2,1-3H3,(H,28,29). The van der Waals surface area contributed by atoms with Crippen LogP contribution in [0.5, 0.6) is 5.75 Å². The number of carboxylic acid groups (broad SMARTS) is 1. The third-order valence-corrected chi connectivity index (χ3v) is 5.89. The number of carboxylic acids is 1. The second-order valence-corrected chi connectivity index (χ2v) is 7.83. The molecule has 2 aromatic rings. The van der Waals surface area contributed by atoms with Crippen LogP contribution >= 0.6 is 0 Å². The molecule has 174 valence electrons. The van der Waals surface area contributed by atoms with E-state index in [1.165, 1.54) is 31.3 Å². The van der Waals surface area contributed by atoms with Gasteiger partial charge in [0.15, 0.2) is 0 Å². The van der Waals surface area contributed by atoms with Crippen LogP contribution in [-0.4, -0.2) is 46.2 Å². The van der Waals surface area contributed by atoms with Crippen molar-refractivity contribution in [3.05, 3.63) is 75.7 Å². The number of nitrogens with zero attached hydrogens (tertiary/aromatic N) is 2. The molecule has 33 heavy (non-hydrogen) atoms. The van der Waals surface area contributed by atoms with E-state index < -0.39 is 34.2 Å². The van der Waals surface area contributed by atoms with E-state index in [0.29, 0.717) is 17.0 Å². The second-order valence-electron chi connectivity index (χ2n) is 7.83. The van der Waals surface area contributed by atoms with Crippen molar-refractivity contribution in [1.29, 1.82) is 0 Å². The van der Waals surface area contributed by atoms with Gasteiger partial charge in [0, 0.05) is 30.3 Å². The van der Waals surface area contributed by atoms with Crippen LogP contribution in [0.15, 0.2) is 60.1 Å². The number of esters is 1. The minimum atomic E-state index is -1.52. The monoisotopic (exact) mass is 455 g/mol. The van der Waals surface area contributed by atoms with E-state index in [9.17, 15) is 24.8 Å². The lowest BCUT2D eigenvalue weighted by molar-refractivity contribution is -0.384. The number of hydrogen-bond donors (Lipinski definition) is 2. The minimum Gasteiger partial charge on any atom is -0.486 e. The van der Waals surface area contributed by atoms with E-state index in [0.717, 1.165) is 0 Å². The Labute approximate surface area is 190 Å². The van der Waals surface area contributed by atoms with Gasteiger partial charge in [0.25, 0.3) is 5.69 Å². The molecule has 0 spiro atoms. The third kappa shape index (κ3) is 4.64. The highest BCUT2D eigenvalue weighted by Gasteiger charge is 2.54. The van der Waals surface area contributed by atoms with Crippen molar-refractivity contribution < 1.29 is 29.1 Å². The average molecular weight is 455 g/mol. The number of non-ortho nitro benzene ring substituents is 1. The number of hydrogen-bond acceptors (Lipinski definition) is 8. The second kappa shape index (κ2) is 9.68. The van der Waals surface area contributed by atoms with E-state index in [1.807, 2.05) is 0 Å². The van der Waals surface area contributed by atoms with Crippen LogP contribution in [0, 0.1) is 15.5 Å². The first-order valence-electron chi connectivity index (χ1n) is 10.4. The summed E-state index contributed by atoms with van der Waals surface area (Å²) in [5, 5.41) is 24.7. The molecule has 10 nitrogen and oxygen atoms in total. The molecule has 10 heteroatoms. The SMILES string of the molecule is CCOC(=O)C1=C(COc2cccnc2)NC(C)C(C)(C(=O)O)C1c1cccc([N+](=O)[O-])c1. The first-order chi connectivity index (χ1) is 15.7. The molecule has 1 aliphatic rings. The van der Waals surface area contributed by atoms with Gasteiger partial charge in [0.1, 0.15) is 12.4 Å². The molecule has 3 atom stereocenters. The lowest BCUT2D eigenvalue weighted by atomic mass is 9.63. The molecule has 0 amide bonds. The third-order valence-electron chi connectivity index (χ3n) is 5.89. The lowest BCUT2D eigenvalue weighted by Crippen LogP contribution is -2.56. The quantitative estimate of drug-likeness (QED) is 0.349. The van der Waals surface area contributed by atoms with Crippen molar-refractivity contribution in [2.24, 2.45) is 5.41 Å². The van der Waals surface area contributed by atoms with Gasteiger partial charge in [-0.2, -0.15) is 0 Å². The Kier molecular flexibility index (Phi) is 6.95. The van der Waals surface area contributed by atoms with Crippen LogP contribution < -0.4 is 10.1 Å². The summed E-state index contributed by atoms with van der Waals surface area (Å²) in [5.41, 5.74) is -0.994. The van der Waals surface area contributed by atoms with Gasteiger partial charge < -0.3 is 19.9 Å². The van der Waals surface area contributed by atoms with Gasteiger partial charge in [-0.3, -0.25) is 19.9 Å². The predicted molar refractivity (Wildman–Crippen MR) is 118 cm³/mol. The molecule has 2 heterocycles. The van der Waals surface area contributed by atoms with Crippen LogP contribution in [0.4, 0.5) is 5.69 Å². The van der Waals surface area contributed by atoms with Crippen LogP contribution in [0.25, 0.3) is 0 Å². The number of nitrogens with one attached hydrogen (secondary N) is 1. The van der Waals surface area contributed by atoms with Gasteiger partial charge in [0.2, 0.25) is 0 Å². The zero-order valence-corrected chi connectivity index (χ0v) is 18.5. The highest BCUT2D eigenvalue weighted by molar-refractivity contribution is 5.94. The van der Waals surface area contributed by atoms with E-state index in [-0.39, 0.29) is 24.5 Å². The van der Waals surface area contributed by atoms with Gasteiger partial charge in [-0.15, -0.1) is 0 Å². The molecule has 3 unspecified atom stereocenters. The van der Waals surface area contributed by atoms with Crippen molar-refractivity contribution in [3.8, 4) is 5.75 Å². The van der Waals surface area contributed by atoms with Gasteiger partial charge in [-0.25, -0.2) is 4.79 Å². The Balaban J connectivity index is 2.20. The zero-order chi connectivity index (χ0) is 24.2. The number of benzene rings is 1. The van der Waals surface area contributed by atoms with Crippen molar-refractivity contribution >= 4 is 17.6 Å². The average Bonchev–Trinajstić information content (AvgIpc) is 2.80. The molecule has 0 saturated heterocycles. The first kappa shape index (κ1) is 23.7. The summed E-state index contributed by atoms with van der Waals surface area (Å²) in [6.07, 6.45) is 3.10.